The lowest BCUT2D eigenvalue weighted by atomic mass is 10.0. The van der Waals surface area contributed by atoms with Crippen LogP contribution in [0.2, 0.25) is 0 Å². The zero-order valence-electron chi connectivity index (χ0n) is 8.66. The fraction of sp³-hybridized carbons (Fsp3) is 0.600. The number of carbonyl (C=O) groups excluding carboxylic acids is 1. The van der Waals surface area contributed by atoms with Crippen molar-refractivity contribution in [2.24, 2.45) is 5.92 Å². The normalized spacial score (nSPS) is 18.7. The van der Waals surface area contributed by atoms with Gasteiger partial charge in [0.25, 0.3) is 0 Å². The molecule has 84 valence electrons. The van der Waals surface area contributed by atoms with E-state index in [2.05, 4.69) is 11.9 Å². The summed E-state index contributed by atoms with van der Waals surface area (Å²) in [5.41, 5.74) is -0.607. The third kappa shape index (κ3) is 2.71. The van der Waals surface area contributed by atoms with Crippen molar-refractivity contribution in [2.45, 2.75) is 25.3 Å². The molecule has 0 aromatic rings. The Bertz CT molecular complexity index is 283. The standard InChI is InChI=1S/C10H15NO4/c1-3-6-15-9(14)11-10(4-5-10)7(2)8(12)13/h3,7H,1,4-6H2,2H3,(H,11,14)(H,12,13). The number of rotatable bonds is 5. The van der Waals surface area contributed by atoms with Gasteiger partial charge in [0, 0.05) is 0 Å². The van der Waals surface area contributed by atoms with E-state index in [1.165, 1.54) is 6.08 Å². The Labute approximate surface area is 88.1 Å². The third-order valence-electron chi connectivity index (χ3n) is 2.67. The summed E-state index contributed by atoms with van der Waals surface area (Å²) in [6.45, 7) is 5.12. The topological polar surface area (TPSA) is 75.6 Å². The van der Waals surface area contributed by atoms with Crippen LogP contribution >= 0.6 is 0 Å². The van der Waals surface area contributed by atoms with Crippen molar-refractivity contribution in [3.05, 3.63) is 12.7 Å². The molecule has 1 fully saturated rings. The van der Waals surface area contributed by atoms with E-state index in [1.807, 2.05) is 0 Å². The second-order valence-corrected chi connectivity index (χ2v) is 3.73. The van der Waals surface area contributed by atoms with Gasteiger partial charge in [-0.15, -0.1) is 0 Å². The van der Waals surface area contributed by atoms with Crippen LogP contribution in [-0.4, -0.2) is 29.3 Å². The minimum atomic E-state index is -0.906. The van der Waals surface area contributed by atoms with Crippen LogP contribution in [0.3, 0.4) is 0 Å². The molecule has 1 aliphatic rings. The minimum absolute atomic E-state index is 0.128. The van der Waals surface area contributed by atoms with Gasteiger partial charge in [-0.1, -0.05) is 12.7 Å². The molecule has 0 radical (unpaired) electrons. The maximum Gasteiger partial charge on any atom is 0.407 e. The average Bonchev–Trinajstić information content (AvgIpc) is 2.94. The highest BCUT2D eigenvalue weighted by Gasteiger charge is 2.52. The Hall–Kier alpha value is -1.52. The second kappa shape index (κ2) is 4.33. The number of amides is 1. The molecule has 1 aliphatic carbocycles. The summed E-state index contributed by atoms with van der Waals surface area (Å²) in [6.07, 6.45) is 2.24. The number of aliphatic carboxylic acids is 1. The molecule has 1 amide bonds. The van der Waals surface area contributed by atoms with Crippen molar-refractivity contribution in [1.82, 2.24) is 5.32 Å². The van der Waals surface area contributed by atoms with Gasteiger partial charge < -0.3 is 15.2 Å². The van der Waals surface area contributed by atoms with Crippen molar-refractivity contribution in [3.63, 3.8) is 0 Å². The minimum Gasteiger partial charge on any atom is -0.481 e. The number of carbonyl (C=O) groups is 2. The van der Waals surface area contributed by atoms with Crippen molar-refractivity contribution >= 4 is 12.1 Å². The molecule has 5 nitrogen and oxygen atoms in total. The summed E-state index contributed by atoms with van der Waals surface area (Å²) in [7, 11) is 0. The first-order valence-corrected chi connectivity index (χ1v) is 4.80. The molecule has 0 bridgehead atoms. The largest absolute Gasteiger partial charge is 0.481 e. The molecule has 0 aromatic heterocycles. The molecule has 5 heteroatoms. The van der Waals surface area contributed by atoms with Crippen LogP contribution in [0.1, 0.15) is 19.8 Å². The highest BCUT2D eigenvalue weighted by molar-refractivity contribution is 5.75. The maximum absolute atomic E-state index is 11.2. The van der Waals surface area contributed by atoms with Crippen molar-refractivity contribution in [2.75, 3.05) is 6.61 Å². The van der Waals surface area contributed by atoms with Crippen LogP contribution < -0.4 is 5.32 Å². The van der Waals surface area contributed by atoms with Crippen LogP contribution in [-0.2, 0) is 9.53 Å². The number of hydrogen-bond acceptors (Lipinski definition) is 3. The van der Waals surface area contributed by atoms with Crippen LogP contribution in [0.25, 0.3) is 0 Å². The smallest absolute Gasteiger partial charge is 0.407 e. The Morgan fingerprint density at radius 3 is 2.67 bits per heavy atom. The molecule has 0 aliphatic heterocycles. The summed E-state index contributed by atoms with van der Waals surface area (Å²) in [4.78, 5) is 22.0. The van der Waals surface area contributed by atoms with E-state index in [-0.39, 0.29) is 6.61 Å². The molecule has 15 heavy (non-hydrogen) atoms. The van der Waals surface area contributed by atoms with Crippen molar-refractivity contribution in [3.8, 4) is 0 Å². The molecule has 1 unspecified atom stereocenters. The highest BCUT2D eigenvalue weighted by atomic mass is 16.5. The molecule has 1 saturated carbocycles. The molecular formula is C10H15NO4. The SMILES string of the molecule is C=CCOC(=O)NC1(C(C)C(=O)O)CC1. The monoisotopic (exact) mass is 213 g/mol. The first kappa shape index (κ1) is 11.6. The Morgan fingerprint density at radius 2 is 2.27 bits per heavy atom. The van der Waals surface area contributed by atoms with Gasteiger partial charge in [0.2, 0.25) is 0 Å². The zero-order chi connectivity index (χ0) is 11.5. The van der Waals surface area contributed by atoms with Gasteiger partial charge in [0.1, 0.15) is 6.61 Å². The van der Waals surface area contributed by atoms with Crippen LogP contribution in [0.4, 0.5) is 4.79 Å². The number of nitrogens with one attached hydrogen (secondary N) is 1. The van der Waals surface area contributed by atoms with E-state index in [1.54, 1.807) is 6.92 Å². The van der Waals surface area contributed by atoms with Gasteiger partial charge >= 0.3 is 12.1 Å². The molecule has 2 N–H and O–H groups in total. The first-order chi connectivity index (χ1) is 7.02. The van der Waals surface area contributed by atoms with Crippen molar-refractivity contribution < 1.29 is 19.4 Å². The van der Waals surface area contributed by atoms with Gasteiger partial charge in [-0.25, -0.2) is 4.79 Å². The maximum atomic E-state index is 11.2. The fourth-order valence-corrected chi connectivity index (χ4v) is 1.41. The summed E-state index contributed by atoms with van der Waals surface area (Å²) in [5.74, 6) is -1.50. The molecule has 1 atom stereocenters. The van der Waals surface area contributed by atoms with Gasteiger partial charge in [0.05, 0.1) is 11.5 Å². The van der Waals surface area contributed by atoms with Gasteiger partial charge in [-0.2, -0.15) is 0 Å². The van der Waals surface area contributed by atoms with Crippen LogP contribution in [0.15, 0.2) is 12.7 Å². The lowest BCUT2D eigenvalue weighted by molar-refractivity contribution is -0.142. The molecule has 0 heterocycles. The van der Waals surface area contributed by atoms with Crippen LogP contribution in [0.5, 0.6) is 0 Å². The van der Waals surface area contributed by atoms with E-state index in [4.69, 9.17) is 9.84 Å². The van der Waals surface area contributed by atoms with E-state index < -0.39 is 23.5 Å². The predicted molar refractivity (Wildman–Crippen MR) is 53.4 cm³/mol. The van der Waals surface area contributed by atoms with E-state index >= 15 is 0 Å². The number of carboxylic acid groups (broad SMARTS) is 1. The summed E-state index contributed by atoms with van der Waals surface area (Å²) in [6, 6.07) is 0. The lowest BCUT2D eigenvalue weighted by Gasteiger charge is -2.20. The first-order valence-electron chi connectivity index (χ1n) is 4.80. The Balaban J connectivity index is 2.46. The average molecular weight is 213 g/mol. The molecule has 0 saturated heterocycles. The Kier molecular flexibility index (Phi) is 3.34. The van der Waals surface area contributed by atoms with Gasteiger partial charge in [-0.05, 0) is 19.8 Å². The van der Waals surface area contributed by atoms with Crippen LogP contribution in [0, 0.1) is 5.92 Å². The summed E-state index contributed by atoms with van der Waals surface area (Å²) >= 11 is 0. The Morgan fingerprint density at radius 1 is 1.67 bits per heavy atom. The van der Waals surface area contributed by atoms with Gasteiger partial charge in [0.15, 0.2) is 0 Å². The number of ether oxygens (including phenoxy) is 1. The number of hydrogen-bond donors (Lipinski definition) is 2. The third-order valence-corrected chi connectivity index (χ3v) is 2.67. The lowest BCUT2D eigenvalue weighted by Crippen LogP contribution is -2.44. The molecular weight excluding hydrogens is 198 g/mol. The summed E-state index contributed by atoms with van der Waals surface area (Å²) in [5, 5.41) is 11.4. The highest BCUT2D eigenvalue weighted by Crippen LogP contribution is 2.42. The summed E-state index contributed by atoms with van der Waals surface area (Å²) < 4.78 is 4.74. The van der Waals surface area contributed by atoms with E-state index in [0.29, 0.717) is 12.8 Å². The van der Waals surface area contributed by atoms with Crippen molar-refractivity contribution in [1.29, 1.82) is 0 Å². The number of carboxylic acids is 1. The zero-order valence-corrected chi connectivity index (χ0v) is 8.66. The quantitative estimate of drug-likeness (QED) is 0.672. The van der Waals surface area contributed by atoms with Gasteiger partial charge in [-0.3, -0.25) is 4.79 Å². The fourth-order valence-electron chi connectivity index (χ4n) is 1.41. The number of alkyl carbamates (subject to hydrolysis) is 1. The molecule has 1 rings (SSSR count). The van der Waals surface area contributed by atoms with E-state index in [9.17, 15) is 9.59 Å². The second-order valence-electron chi connectivity index (χ2n) is 3.73. The van der Waals surface area contributed by atoms with E-state index in [0.717, 1.165) is 0 Å². The molecule has 0 spiro atoms. The molecule has 0 aromatic carbocycles. The predicted octanol–water partition coefficient (Wildman–Crippen LogP) is 1.15.